The zero-order valence-electron chi connectivity index (χ0n) is 9.74. The molecule has 0 aliphatic rings. The van der Waals surface area contributed by atoms with Crippen molar-refractivity contribution < 1.29 is 19.8 Å². The molecular weight excluding hydrogens is 234 g/mol. The zero-order valence-corrected chi connectivity index (χ0v) is 9.74. The van der Waals surface area contributed by atoms with E-state index in [9.17, 15) is 9.59 Å². The lowest BCUT2D eigenvalue weighted by Crippen LogP contribution is -2.38. The van der Waals surface area contributed by atoms with Crippen molar-refractivity contribution in [3.63, 3.8) is 0 Å². The second-order valence-corrected chi connectivity index (χ2v) is 3.75. The number of benzene rings is 1. The maximum absolute atomic E-state index is 11.3. The molecule has 0 fully saturated rings. The first-order valence-electron chi connectivity index (χ1n) is 5.48. The van der Waals surface area contributed by atoms with Crippen LogP contribution in [0.5, 0.6) is 0 Å². The third kappa shape index (κ3) is 5.27. The Bertz CT molecular complexity index is 428. The number of aliphatic hydroxyl groups is 1. The Morgan fingerprint density at radius 3 is 2.44 bits per heavy atom. The first-order valence-corrected chi connectivity index (χ1v) is 5.48. The van der Waals surface area contributed by atoms with E-state index in [1.54, 1.807) is 0 Å². The van der Waals surface area contributed by atoms with E-state index in [-0.39, 0.29) is 6.61 Å². The molecule has 5 heteroatoms. The minimum Gasteiger partial charge on any atom is -0.478 e. The van der Waals surface area contributed by atoms with Crippen LogP contribution in [0.25, 0.3) is 0 Å². The van der Waals surface area contributed by atoms with Gasteiger partial charge in [0.15, 0.2) is 0 Å². The van der Waals surface area contributed by atoms with Crippen molar-refractivity contribution in [2.45, 2.75) is 12.5 Å². The van der Waals surface area contributed by atoms with Gasteiger partial charge in [-0.3, -0.25) is 4.79 Å². The molecule has 0 spiro atoms. The standard InChI is InChI=1S/C13H15NO4/c15-9-11(8-10-4-2-1-3-5-10)14-12(16)6-7-13(17)18/h1-7,11,15H,8-9H2,(H,14,16)(H,17,18)/b7-6-/t11-/m1/s1. The first-order chi connectivity index (χ1) is 8.61. The maximum Gasteiger partial charge on any atom is 0.328 e. The van der Waals surface area contributed by atoms with Gasteiger partial charge < -0.3 is 15.5 Å². The number of hydrogen-bond donors (Lipinski definition) is 3. The summed E-state index contributed by atoms with van der Waals surface area (Å²) in [5.74, 6) is -1.72. The lowest BCUT2D eigenvalue weighted by Gasteiger charge is -2.15. The lowest BCUT2D eigenvalue weighted by atomic mass is 10.1. The largest absolute Gasteiger partial charge is 0.478 e. The molecule has 0 bridgehead atoms. The van der Waals surface area contributed by atoms with E-state index in [0.29, 0.717) is 6.42 Å². The van der Waals surface area contributed by atoms with Crippen molar-refractivity contribution in [2.75, 3.05) is 6.61 Å². The van der Waals surface area contributed by atoms with Crippen molar-refractivity contribution in [1.29, 1.82) is 0 Å². The smallest absolute Gasteiger partial charge is 0.328 e. The predicted molar refractivity (Wildman–Crippen MR) is 65.9 cm³/mol. The van der Waals surface area contributed by atoms with Gasteiger partial charge >= 0.3 is 5.97 Å². The van der Waals surface area contributed by atoms with Crippen LogP contribution in [0.2, 0.25) is 0 Å². The molecule has 1 aromatic carbocycles. The first kappa shape index (κ1) is 13.9. The van der Waals surface area contributed by atoms with Gasteiger partial charge in [0.1, 0.15) is 0 Å². The molecule has 0 aliphatic carbocycles. The fourth-order valence-electron chi connectivity index (χ4n) is 1.46. The van der Waals surface area contributed by atoms with Crippen LogP contribution in [0.1, 0.15) is 5.56 Å². The summed E-state index contributed by atoms with van der Waals surface area (Å²) in [6.07, 6.45) is 2.17. The highest BCUT2D eigenvalue weighted by Gasteiger charge is 2.10. The molecule has 18 heavy (non-hydrogen) atoms. The Hall–Kier alpha value is -2.14. The Kier molecular flexibility index (Phi) is 5.60. The molecule has 1 amide bonds. The molecule has 1 aromatic rings. The fraction of sp³-hybridized carbons (Fsp3) is 0.231. The van der Waals surface area contributed by atoms with Crippen molar-refractivity contribution in [2.24, 2.45) is 0 Å². The van der Waals surface area contributed by atoms with E-state index in [2.05, 4.69) is 5.32 Å². The van der Waals surface area contributed by atoms with E-state index >= 15 is 0 Å². The number of hydrogen-bond acceptors (Lipinski definition) is 3. The monoisotopic (exact) mass is 249 g/mol. The van der Waals surface area contributed by atoms with E-state index in [1.165, 1.54) is 0 Å². The number of carboxylic acid groups (broad SMARTS) is 1. The summed E-state index contributed by atoms with van der Waals surface area (Å²) in [6.45, 7) is -0.207. The molecule has 3 N–H and O–H groups in total. The van der Waals surface area contributed by atoms with Crippen LogP contribution in [-0.4, -0.2) is 34.7 Å². The van der Waals surface area contributed by atoms with E-state index < -0.39 is 17.9 Å². The number of aliphatic hydroxyl groups excluding tert-OH is 1. The predicted octanol–water partition coefficient (Wildman–Crippen LogP) is 0.347. The lowest BCUT2D eigenvalue weighted by molar-refractivity contribution is -0.131. The van der Waals surface area contributed by atoms with Crippen LogP contribution in [0.15, 0.2) is 42.5 Å². The molecule has 0 heterocycles. The van der Waals surface area contributed by atoms with Crippen LogP contribution in [0, 0.1) is 0 Å². The van der Waals surface area contributed by atoms with Crippen LogP contribution in [0.4, 0.5) is 0 Å². The highest BCUT2D eigenvalue weighted by atomic mass is 16.4. The summed E-state index contributed by atoms with van der Waals surface area (Å²) in [5, 5.41) is 20.1. The van der Waals surface area contributed by atoms with Gasteiger partial charge in [0, 0.05) is 12.2 Å². The van der Waals surface area contributed by atoms with E-state index in [4.69, 9.17) is 10.2 Å². The number of carbonyl (C=O) groups is 2. The van der Waals surface area contributed by atoms with Gasteiger partial charge in [-0.25, -0.2) is 4.79 Å². The molecule has 1 atom stereocenters. The van der Waals surface area contributed by atoms with E-state index in [0.717, 1.165) is 17.7 Å². The number of aliphatic carboxylic acids is 1. The number of rotatable bonds is 6. The molecule has 0 aromatic heterocycles. The summed E-state index contributed by atoms with van der Waals surface area (Å²) in [5.41, 5.74) is 0.985. The number of nitrogens with one attached hydrogen (secondary N) is 1. The quantitative estimate of drug-likeness (QED) is 0.635. The average molecular weight is 249 g/mol. The number of carbonyl (C=O) groups excluding carboxylic acids is 1. The van der Waals surface area contributed by atoms with Gasteiger partial charge in [-0.05, 0) is 12.0 Å². The molecule has 0 saturated heterocycles. The molecule has 0 radical (unpaired) electrons. The average Bonchev–Trinajstić information content (AvgIpc) is 2.37. The fourth-order valence-corrected chi connectivity index (χ4v) is 1.46. The molecule has 5 nitrogen and oxygen atoms in total. The minimum absolute atomic E-state index is 0.207. The molecule has 96 valence electrons. The zero-order chi connectivity index (χ0) is 13.4. The topological polar surface area (TPSA) is 86.6 Å². The summed E-state index contributed by atoms with van der Waals surface area (Å²) in [4.78, 5) is 21.6. The van der Waals surface area contributed by atoms with Gasteiger partial charge in [-0.1, -0.05) is 30.3 Å². The van der Waals surface area contributed by atoms with Crippen molar-refractivity contribution in [3.8, 4) is 0 Å². The Balaban J connectivity index is 2.52. The second-order valence-electron chi connectivity index (χ2n) is 3.75. The van der Waals surface area contributed by atoms with Crippen LogP contribution >= 0.6 is 0 Å². The Labute approximate surface area is 105 Å². The van der Waals surface area contributed by atoms with Gasteiger partial charge in [0.25, 0.3) is 0 Å². The van der Waals surface area contributed by atoms with Crippen molar-refractivity contribution >= 4 is 11.9 Å². The van der Waals surface area contributed by atoms with Crippen molar-refractivity contribution in [1.82, 2.24) is 5.32 Å². The Morgan fingerprint density at radius 1 is 1.22 bits per heavy atom. The maximum atomic E-state index is 11.3. The second kappa shape index (κ2) is 7.24. The normalized spacial score (nSPS) is 12.3. The van der Waals surface area contributed by atoms with Gasteiger partial charge in [-0.2, -0.15) is 0 Å². The minimum atomic E-state index is -1.19. The van der Waals surface area contributed by atoms with Gasteiger partial charge in [-0.15, -0.1) is 0 Å². The van der Waals surface area contributed by atoms with Crippen molar-refractivity contribution in [3.05, 3.63) is 48.0 Å². The number of amides is 1. The SMILES string of the molecule is O=C(O)/C=C\C(=O)N[C@@H](CO)Cc1ccccc1. The molecule has 0 unspecified atom stereocenters. The summed E-state index contributed by atoms with van der Waals surface area (Å²) < 4.78 is 0. The summed E-state index contributed by atoms with van der Waals surface area (Å²) >= 11 is 0. The summed E-state index contributed by atoms with van der Waals surface area (Å²) in [7, 11) is 0. The molecule has 0 aliphatic heterocycles. The van der Waals surface area contributed by atoms with Gasteiger partial charge in [0.05, 0.1) is 12.6 Å². The molecular formula is C13H15NO4. The van der Waals surface area contributed by atoms with E-state index in [1.807, 2.05) is 30.3 Å². The van der Waals surface area contributed by atoms with Crippen LogP contribution in [0.3, 0.4) is 0 Å². The van der Waals surface area contributed by atoms with Gasteiger partial charge in [0.2, 0.25) is 5.91 Å². The van der Waals surface area contributed by atoms with Crippen LogP contribution < -0.4 is 5.32 Å². The third-order valence-electron chi connectivity index (χ3n) is 2.27. The highest BCUT2D eigenvalue weighted by molar-refractivity contribution is 5.94. The molecule has 0 saturated carbocycles. The Morgan fingerprint density at radius 2 is 1.89 bits per heavy atom. The number of carboxylic acids is 1. The van der Waals surface area contributed by atoms with Crippen LogP contribution in [-0.2, 0) is 16.0 Å². The third-order valence-corrected chi connectivity index (χ3v) is 2.27. The summed E-state index contributed by atoms with van der Waals surface area (Å²) in [6, 6.07) is 8.97. The molecule has 1 rings (SSSR count). The highest BCUT2D eigenvalue weighted by Crippen LogP contribution is 2.02.